The monoisotopic (exact) mass is 428 g/mol. The van der Waals surface area contributed by atoms with Gasteiger partial charge in [-0.3, -0.25) is 0 Å². The van der Waals surface area contributed by atoms with Crippen molar-refractivity contribution in [1.82, 2.24) is 9.97 Å². The summed E-state index contributed by atoms with van der Waals surface area (Å²) in [6.07, 6.45) is -1.85. The molecule has 0 saturated carbocycles. The second kappa shape index (κ2) is 8.96. The van der Waals surface area contributed by atoms with Gasteiger partial charge in [0.1, 0.15) is 11.4 Å². The van der Waals surface area contributed by atoms with Crippen LogP contribution < -0.4 is 10.6 Å². The summed E-state index contributed by atoms with van der Waals surface area (Å²) in [6.45, 7) is 8.41. The first kappa shape index (κ1) is 22.6. The van der Waals surface area contributed by atoms with Crippen LogP contribution in [0.5, 0.6) is 0 Å². The van der Waals surface area contributed by atoms with Crippen molar-refractivity contribution in [2.75, 3.05) is 10.6 Å². The van der Waals surface area contributed by atoms with Crippen molar-refractivity contribution < 1.29 is 13.2 Å². The number of halogens is 3. The molecule has 0 radical (unpaired) electrons. The van der Waals surface area contributed by atoms with E-state index in [1.54, 1.807) is 12.1 Å². The van der Waals surface area contributed by atoms with Gasteiger partial charge < -0.3 is 10.6 Å². The van der Waals surface area contributed by atoms with E-state index in [0.717, 1.165) is 30.2 Å². The maximum absolute atomic E-state index is 13.5. The summed E-state index contributed by atoms with van der Waals surface area (Å²) < 4.78 is 40.5. The number of nitrogens with one attached hydrogen (secondary N) is 2. The SMILES string of the molecule is CCCc1ccc(Nc2nc(Nc3ccc(C(C)(C)C)cc3)ncc2C(F)(F)F)cc1. The molecular weight excluding hydrogens is 401 g/mol. The van der Waals surface area contributed by atoms with Gasteiger partial charge in [0.2, 0.25) is 5.95 Å². The van der Waals surface area contributed by atoms with Gasteiger partial charge in [0, 0.05) is 17.6 Å². The average molecular weight is 429 g/mol. The molecule has 0 bridgehead atoms. The number of aromatic nitrogens is 2. The number of hydrogen-bond donors (Lipinski definition) is 2. The molecule has 1 aromatic heterocycles. The van der Waals surface area contributed by atoms with E-state index < -0.39 is 11.7 Å². The molecule has 3 aromatic rings. The van der Waals surface area contributed by atoms with Crippen LogP contribution in [0.1, 0.15) is 50.8 Å². The third-order valence-corrected chi connectivity index (χ3v) is 4.86. The number of hydrogen-bond acceptors (Lipinski definition) is 4. The Morgan fingerprint density at radius 1 is 0.839 bits per heavy atom. The molecule has 0 spiro atoms. The zero-order valence-electron chi connectivity index (χ0n) is 18.1. The van der Waals surface area contributed by atoms with Crippen molar-refractivity contribution in [3.63, 3.8) is 0 Å². The standard InChI is InChI=1S/C24H27F3N4/c1-5-6-16-7-11-18(12-8-16)29-21-20(24(25,26)27)15-28-22(31-21)30-19-13-9-17(10-14-19)23(2,3)4/h7-15H,5-6H2,1-4H3,(H2,28,29,30,31). The van der Waals surface area contributed by atoms with Crippen molar-refractivity contribution >= 4 is 23.1 Å². The Hall–Kier alpha value is -3.09. The molecular formula is C24H27F3N4. The smallest absolute Gasteiger partial charge is 0.340 e. The van der Waals surface area contributed by atoms with Gasteiger partial charge in [-0.25, -0.2) is 4.98 Å². The van der Waals surface area contributed by atoms with Gasteiger partial charge in [-0.15, -0.1) is 0 Å². The van der Waals surface area contributed by atoms with E-state index in [1.807, 2.05) is 36.4 Å². The lowest BCUT2D eigenvalue weighted by molar-refractivity contribution is -0.137. The number of alkyl halides is 3. The highest BCUT2D eigenvalue weighted by Gasteiger charge is 2.35. The number of anilines is 4. The van der Waals surface area contributed by atoms with Gasteiger partial charge in [-0.2, -0.15) is 18.2 Å². The fourth-order valence-electron chi connectivity index (χ4n) is 3.11. The summed E-state index contributed by atoms with van der Waals surface area (Å²) in [7, 11) is 0. The third-order valence-electron chi connectivity index (χ3n) is 4.86. The zero-order chi connectivity index (χ0) is 22.6. The van der Waals surface area contributed by atoms with Crippen LogP contribution in [0.2, 0.25) is 0 Å². The fraction of sp³-hybridized carbons (Fsp3) is 0.333. The van der Waals surface area contributed by atoms with E-state index in [9.17, 15) is 13.2 Å². The van der Waals surface area contributed by atoms with Crippen LogP contribution in [0, 0.1) is 0 Å². The van der Waals surface area contributed by atoms with Gasteiger partial charge >= 0.3 is 6.18 Å². The Morgan fingerprint density at radius 3 is 1.97 bits per heavy atom. The molecule has 0 atom stereocenters. The highest BCUT2D eigenvalue weighted by Crippen LogP contribution is 2.35. The molecule has 2 N–H and O–H groups in total. The van der Waals surface area contributed by atoms with Crippen LogP contribution >= 0.6 is 0 Å². The van der Waals surface area contributed by atoms with E-state index in [0.29, 0.717) is 11.4 Å². The van der Waals surface area contributed by atoms with Crippen molar-refractivity contribution in [3.8, 4) is 0 Å². The summed E-state index contributed by atoms with van der Waals surface area (Å²) in [5, 5.41) is 5.78. The largest absolute Gasteiger partial charge is 0.421 e. The molecule has 0 unspecified atom stereocenters. The van der Waals surface area contributed by atoms with Crippen molar-refractivity contribution in [2.45, 2.75) is 52.1 Å². The van der Waals surface area contributed by atoms with Crippen LogP contribution in [-0.2, 0) is 18.0 Å². The molecule has 4 nitrogen and oxygen atoms in total. The van der Waals surface area contributed by atoms with Gasteiger partial charge in [0.15, 0.2) is 0 Å². The van der Waals surface area contributed by atoms with Gasteiger partial charge in [0.05, 0.1) is 0 Å². The number of benzene rings is 2. The Morgan fingerprint density at radius 2 is 1.42 bits per heavy atom. The predicted molar refractivity (Wildman–Crippen MR) is 119 cm³/mol. The van der Waals surface area contributed by atoms with Crippen molar-refractivity contribution in [3.05, 3.63) is 71.4 Å². The predicted octanol–water partition coefficient (Wildman–Crippen LogP) is 7.23. The highest BCUT2D eigenvalue weighted by atomic mass is 19.4. The van der Waals surface area contributed by atoms with Crippen LogP contribution in [-0.4, -0.2) is 9.97 Å². The van der Waals surface area contributed by atoms with Gasteiger partial charge in [-0.05, 0) is 47.2 Å². The maximum atomic E-state index is 13.5. The van der Waals surface area contributed by atoms with E-state index in [1.165, 1.54) is 0 Å². The molecule has 1 heterocycles. The number of aryl methyl sites for hydroxylation is 1. The summed E-state index contributed by atoms with van der Waals surface area (Å²) in [4.78, 5) is 7.98. The van der Waals surface area contributed by atoms with Gasteiger partial charge in [-0.1, -0.05) is 58.4 Å². The molecule has 0 aliphatic rings. The summed E-state index contributed by atoms with van der Waals surface area (Å²) in [6, 6.07) is 15.0. The number of nitrogens with zero attached hydrogens (tertiary/aromatic N) is 2. The van der Waals surface area contributed by atoms with Crippen molar-refractivity contribution in [1.29, 1.82) is 0 Å². The molecule has 31 heavy (non-hydrogen) atoms. The minimum Gasteiger partial charge on any atom is -0.340 e. The lowest BCUT2D eigenvalue weighted by Gasteiger charge is -2.19. The molecule has 0 aliphatic heterocycles. The average Bonchev–Trinajstić information content (AvgIpc) is 2.69. The van der Waals surface area contributed by atoms with Crippen LogP contribution in [0.3, 0.4) is 0 Å². The van der Waals surface area contributed by atoms with Crippen LogP contribution in [0.4, 0.5) is 36.3 Å². The molecule has 3 rings (SSSR count). The van der Waals surface area contributed by atoms with Gasteiger partial charge in [0.25, 0.3) is 0 Å². The summed E-state index contributed by atoms with van der Waals surface area (Å²) >= 11 is 0. The zero-order valence-corrected chi connectivity index (χ0v) is 18.1. The van der Waals surface area contributed by atoms with Crippen LogP contribution in [0.25, 0.3) is 0 Å². The third kappa shape index (κ3) is 5.96. The topological polar surface area (TPSA) is 49.8 Å². The van der Waals surface area contributed by atoms with Crippen LogP contribution in [0.15, 0.2) is 54.7 Å². The lowest BCUT2D eigenvalue weighted by Crippen LogP contribution is -2.13. The van der Waals surface area contributed by atoms with E-state index >= 15 is 0 Å². The first-order chi connectivity index (χ1) is 14.6. The second-order valence-corrected chi connectivity index (χ2v) is 8.48. The molecule has 7 heteroatoms. The summed E-state index contributed by atoms with van der Waals surface area (Å²) in [5.41, 5.74) is 2.60. The summed E-state index contributed by atoms with van der Waals surface area (Å²) in [5.74, 6) is -0.207. The highest BCUT2D eigenvalue weighted by molar-refractivity contribution is 5.63. The molecule has 0 fully saturated rings. The molecule has 0 saturated heterocycles. The second-order valence-electron chi connectivity index (χ2n) is 8.48. The minimum absolute atomic E-state index is 0.00710. The molecule has 2 aromatic carbocycles. The minimum atomic E-state index is -4.57. The fourth-order valence-corrected chi connectivity index (χ4v) is 3.11. The Balaban J connectivity index is 1.86. The maximum Gasteiger partial charge on any atom is 0.421 e. The Kier molecular flexibility index (Phi) is 6.53. The molecule has 0 amide bonds. The van der Waals surface area contributed by atoms with E-state index in [-0.39, 0.29) is 17.2 Å². The van der Waals surface area contributed by atoms with Crippen molar-refractivity contribution in [2.24, 2.45) is 0 Å². The normalized spacial score (nSPS) is 12.0. The Labute approximate surface area is 181 Å². The molecule has 0 aliphatic carbocycles. The van der Waals surface area contributed by atoms with E-state index in [4.69, 9.17) is 0 Å². The number of rotatable bonds is 6. The first-order valence-electron chi connectivity index (χ1n) is 10.2. The molecule has 164 valence electrons. The lowest BCUT2D eigenvalue weighted by atomic mass is 9.87. The quantitative estimate of drug-likeness (QED) is 0.435. The van der Waals surface area contributed by atoms with E-state index in [2.05, 4.69) is 48.3 Å². The first-order valence-corrected chi connectivity index (χ1v) is 10.2. The Bertz CT molecular complexity index is 1000.